The summed E-state index contributed by atoms with van der Waals surface area (Å²) in [6, 6.07) is 14.5. The minimum Gasteiger partial charge on any atom is -0.267 e. The molecule has 0 amide bonds. The molecule has 0 atom stereocenters. The molecule has 1 heterocycles. The summed E-state index contributed by atoms with van der Waals surface area (Å²) >= 11 is 6.13. The lowest BCUT2D eigenvalue weighted by Crippen LogP contribution is -2.27. The molecule has 3 aromatic rings. The lowest BCUT2D eigenvalue weighted by Gasteiger charge is -2.22. The first-order valence-corrected chi connectivity index (χ1v) is 12.3. The van der Waals surface area contributed by atoms with Crippen LogP contribution in [0.3, 0.4) is 0 Å². The maximum absolute atomic E-state index is 13.5. The Hall–Kier alpha value is -2.44. The van der Waals surface area contributed by atoms with Gasteiger partial charge in [-0.2, -0.15) is 9.78 Å². The summed E-state index contributed by atoms with van der Waals surface area (Å²) in [6.07, 6.45) is 8.39. The van der Waals surface area contributed by atoms with Crippen LogP contribution >= 0.6 is 11.6 Å². The highest BCUT2D eigenvalue weighted by Crippen LogP contribution is 2.30. The van der Waals surface area contributed by atoms with Gasteiger partial charge >= 0.3 is 0 Å². The normalized spacial score (nSPS) is 14.8. The van der Waals surface area contributed by atoms with Crippen molar-refractivity contribution < 1.29 is 8.42 Å². The second-order valence-electron chi connectivity index (χ2n) is 8.13. The topological polar surface area (TPSA) is 69.0 Å². The smallest absolute Gasteiger partial charge is 0.267 e. The molecule has 31 heavy (non-hydrogen) atoms. The Labute approximate surface area is 188 Å². The highest BCUT2D eigenvalue weighted by molar-refractivity contribution is 7.71. The van der Waals surface area contributed by atoms with Gasteiger partial charge in [0.05, 0.1) is 17.6 Å². The third-order valence-electron chi connectivity index (χ3n) is 5.92. The summed E-state index contributed by atoms with van der Waals surface area (Å²) in [7, 11) is -2.47. The molecule has 0 saturated heterocycles. The van der Waals surface area contributed by atoms with Gasteiger partial charge in [-0.05, 0) is 41.7 Å². The van der Waals surface area contributed by atoms with Gasteiger partial charge in [0.25, 0.3) is 5.56 Å². The van der Waals surface area contributed by atoms with Crippen molar-refractivity contribution in [3.8, 4) is 16.8 Å². The van der Waals surface area contributed by atoms with Crippen molar-refractivity contribution in [1.29, 1.82) is 0 Å². The Morgan fingerprint density at radius 1 is 1.03 bits per heavy atom. The molecular formula is C24H25ClN2O3S. The number of benzene rings is 2. The maximum Gasteiger partial charge on any atom is 0.275 e. The fourth-order valence-electron chi connectivity index (χ4n) is 4.35. The van der Waals surface area contributed by atoms with Crippen LogP contribution in [0.1, 0.15) is 43.2 Å². The molecule has 2 aromatic carbocycles. The number of hydrogen-bond donors (Lipinski definition) is 1. The standard InChI is InChI=1S/C24H25ClN2O3S/c25-20-7-4-8-21(14-20)27-24(28)22(13-17-5-2-1-3-6-17)23(15-26-27)19-11-9-18(10-12-19)16-31(29)30/h4,7-12,14-15,17,31H,1-3,5-6,13,16H2. The minimum absolute atomic E-state index is 0.0131. The summed E-state index contributed by atoms with van der Waals surface area (Å²) in [5.74, 6) is 0.498. The average molecular weight is 457 g/mol. The van der Waals surface area contributed by atoms with E-state index in [-0.39, 0.29) is 11.3 Å². The molecule has 7 heteroatoms. The summed E-state index contributed by atoms with van der Waals surface area (Å²) in [5.41, 5.74) is 3.68. The Bertz CT molecular complexity index is 1190. The number of rotatable bonds is 6. The zero-order valence-electron chi connectivity index (χ0n) is 17.2. The Kier molecular flexibility index (Phi) is 6.88. The van der Waals surface area contributed by atoms with Crippen LogP contribution in [0.25, 0.3) is 16.8 Å². The summed E-state index contributed by atoms with van der Waals surface area (Å²) in [5, 5.41) is 4.99. The Balaban J connectivity index is 1.78. The van der Waals surface area contributed by atoms with Gasteiger partial charge in [0.1, 0.15) is 10.7 Å². The van der Waals surface area contributed by atoms with Crippen LogP contribution < -0.4 is 5.56 Å². The van der Waals surface area contributed by atoms with Gasteiger partial charge in [0, 0.05) is 16.1 Å². The largest absolute Gasteiger partial charge is 0.275 e. The second kappa shape index (κ2) is 9.79. The van der Waals surface area contributed by atoms with Crippen LogP contribution in [-0.4, -0.2) is 18.2 Å². The molecule has 0 N–H and O–H groups in total. The molecule has 1 fully saturated rings. The molecule has 0 aliphatic heterocycles. The van der Waals surface area contributed by atoms with Crippen LogP contribution in [0.5, 0.6) is 0 Å². The summed E-state index contributed by atoms with van der Waals surface area (Å²) in [6.45, 7) is 0. The van der Waals surface area contributed by atoms with E-state index in [1.807, 2.05) is 18.2 Å². The van der Waals surface area contributed by atoms with Gasteiger partial charge in [-0.25, -0.2) is 8.42 Å². The summed E-state index contributed by atoms with van der Waals surface area (Å²) < 4.78 is 23.4. The molecule has 0 spiro atoms. The molecule has 1 aliphatic rings. The van der Waals surface area contributed by atoms with Crippen molar-refractivity contribution >= 4 is 22.3 Å². The van der Waals surface area contributed by atoms with Crippen molar-refractivity contribution in [3.05, 3.63) is 81.2 Å². The van der Waals surface area contributed by atoms with Crippen LogP contribution in [0, 0.1) is 5.92 Å². The van der Waals surface area contributed by atoms with Gasteiger partial charge in [0.15, 0.2) is 0 Å². The van der Waals surface area contributed by atoms with E-state index >= 15 is 0 Å². The fourth-order valence-corrected chi connectivity index (χ4v) is 5.04. The Morgan fingerprint density at radius 2 is 1.77 bits per heavy atom. The number of aromatic nitrogens is 2. The predicted octanol–water partition coefficient (Wildman–Crippen LogP) is 4.79. The van der Waals surface area contributed by atoms with Crippen molar-refractivity contribution in [3.63, 3.8) is 0 Å². The van der Waals surface area contributed by atoms with E-state index in [0.717, 1.165) is 35.1 Å². The van der Waals surface area contributed by atoms with Crippen LogP contribution in [-0.2, 0) is 22.9 Å². The number of thiol groups is 1. The van der Waals surface area contributed by atoms with Gasteiger partial charge in [-0.15, -0.1) is 0 Å². The zero-order chi connectivity index (χ0) is 21.8. The van der Waals surface area contributed by atoms with E-state index in [1.54, 1.807) is 36.5 Å². The van der Waals surface area contributed by atoms with Crippen LogP contribution in [0.4, 0.5) is 0 Å². The Morgan fingerprint density at radius 3 is 2.45 bits per heavy atom. The third kappa shape index (κ3) is 5.25. The average Bonchev–Trinajstić information content (AvgIpc) is 2.76. The molecule has 0 unspecified atom stereocenters. The first-order valence-electron chi connectivity index (χ1n) is 10.6. The van der Waals surface area contributed by atoms with Crippen LogP contribution in [0.2, 0.25) is 5.02 Å². The quantitative estimate of drug-likeness (QED) is 0.541. The second-order valence-corrected chi connectivity index (χ2v) is 9.55. The molecule has 4 rings (SSSR count). The monoisotopic (exact) mass is 456 g/mol. The maximum atomic E-state index is 13.5. The molecule has 1 aliphatic carbocycles. The van der Waals surface area contributed by atoms with Crippen molar-refractivity contribution in [2.24, 2.45) is 5.92 Å². The van der Waals surface area contributed by atoms with E-state index in [0.29, 0.717) is 23.0 Å². The molecule has 162 valence electrons. The van der Waals surface area contributed by atoms with E-state index < -0.39 is 10.7 Å². The molecule has 5 nitrogen and oxygen atoms in total. The van der Waals surface area contributed by atoms with Crippen molar-refractivity contribution in [2.75, 3.05) is 0 Å². The zero-order valence-corrected chi connectivity index (χ0v) is 18.8. The predicted molar refractivity (Wildman–Crippen MR) is 125 cm³/mol. The van der Waals surface area contributed by atoms with Crippen LogP contribution in [0.15, 0.2) is 59.5 Å². The summed E-state index contributed by atoms with van der Waals surface area (Å²) in [4.78, 5) is 13.5. The van der Waals surface area contributed by atoms with Gasteiger partial charge in [-0.3, -0.25) is 4.79 Å². The number of halogens is 1. The number of hydrogen-bond acceptors (Lipinski definition) is 4. The number of nitrogens with zero attached hydrogens (tertiary/aromatic N) is 2. The van der Waals surface area contributed by atoms with Gasteiger partial charge in [0.2, 0.25) is 0 Å². The van der Waals surface area contributed by atoms with Crippen molar-refractivity contribution in [1.82, 2.24) is 9.78 Å². The van der Waals surface area contributed by atoms with Crippen molar-refractivity contribution in [2.45, 2.75) is 44.3 Å². The highest BCUT2D eigenvalue weighted by atomic mass is 35.5. The molecule has 1 aromatic heterocycles. The molecule has 0 bridgehead atoms. The fraction of sp³-hybridized carbons (Fsp3) is 0.333. The van der Waals surface area contributed by atoms with Gasteiger partial charge < -0.3 is 0 Å². The third-order valence-corrected chi connectivity index (χ3v) is 6.78. The first-order chi connectivity index (χ1) is 15.0. The lowest BCUT2D eigenvalue weighted by atomic mass is 9.83. The SMILES string of the molecule is O=c1c(CC2CCCCC2)c(-c2ccc(C[SH](=O)=O)cc2)cnn1-c1cccc(Cl)c1. The van der Waals surface area contributed by atoms with E-state index in [9.17, 15) is 13.2 Å². The molecule has 0 radical (unpaired) electrons. The molecular weight excluding hydrogens is 432 g/mol. The van der Waals surface area contributed by atoms with E-state index in [1.165, 1.54) is 23.9 Å². The van der Waals surface area contributed by atoms with E-state index in [2.05, 4.69) is 5.10 Å². The minimum atomic E-state index is -2.47. The van der Waals surface area contributed by atoms with Gasteiger partial charge in [-0.1, -0.05) is 74.0 Å². The highest BCUT2D eigenvalue weighted by Gasteiger charge is 2.20. The van der Waals surface area contributed by atoms with E-state index in [4.69, 9.17) is 11.6 Å². The molecule has 1 saturated carbocycles. The lowest BCUT2D eigenvalue weighted by molar-refractivity contribution is 0.355. The first kappa shape index (κ1) is 21.8.